The Bertz CT molecular complexity index is 898. The third kappa shape index (κ3) is 6.53. The zero-order valence-corrected chi connectivity index (χ0v) is 20.1. The lowest BCUT2D eigenvalue weighted by molar-refractivity contribution is 0.0951. The van der Waals surface area contributed by atoms with Crippen LogP contribution < -0.4 is 19.7 Å². The number of halogens is 1. The Morgan fingerprint density at radius 1 is 1.16 bits per heavy atom. The van der Waals surface area contributed by atoms with Gasteiger partial charge in [-0.05, 0) is 56.1 Å². The monoisotopic (exact) mass is 459 g/mol. The molecular formula is C25H34ClN3O3. The predicted molar refractivity (Wildman–Crippen MR) is 131 cm³/mol. The van der Waals surface area contributed by atoms with Crippen molar-refractivity contribution in [2.45, 2.75) is 26.7 Å². The summed E-state index contributed by atoms with van der Waals surface area (Å²) in [6.07, 6.45) is 1.77. The van der Waals surface area contributed by atoms with Gasteiger partial charge in [0.25, 0.3) is 5.91 Å². The van der Waals surface area contributed by atoms with Crippen LogP contribution in [0.15, 0.2) is 36.4 Å². The number of hydrogen-bond acceptors (Lipinski definition) is 5. The molecule has 0 atom stereocenters. The number of nitrogens with one attached hydrogen (secondary N) is 1. The van der Waals surface area contributed by atoms with E-state index in [4.69, 9.17) is 21.1 Å². The van der Waals surface area contributed by atoms with Crippen LogP contribution in [0.25, 0.3) is 0 Å². The minimum atomic E-state index is -0.156. The van der Waals surface area contributed by atoms with E-state index in [9.17, 15) is 4.79 Å². The lowest BCUT2D eigenvalue weighted by Crippen LogP contribution is -2.47. The molecule has 0 saturated carbocycles. The molecule has 3 rings (SSSR count). The Labute approximate surface area is 196 Å². The van der Waals surface area contributed by atoms with Gasteiger partial charge in [0.05, 0.1) is 18.7 Å². The van der Waals surface area contributed by atoms with Gasteiger partial charge in [-0.25, -0.2) is 0 Å². The summed E-state index contributed by atoms with van der Waals surface area (Å²) in [4.78, 5) is 17.5. The highest BCUT2D eigenvalue weighted by molar-refractivity contribution is 6.32. The van der Waals surface area contributed by atoms with Gasteiger partial charge in [-0.1, -0.05) is 30.7 Å². The van der Waals surface area contributed by atoms with Gasteiger partial charge in [-0.15, -0.1) is 0 Å². The summed E-state index contributed by atoms with van der Waals surface area (Å²) < 4.78 is 11.0. The topological polar surface area (TPSA) is 54.0 Å². The molecule has 1 aliphatic heterocycles. The van der Waals surface area contributed by atoms with E-state index in [0.717, 1.165) is 45.6 Å². The van der Waals surface area contributed by atoms with Crippen LogP contribution in [0.1, 0.15) is 35.7 Å². The second-order valence-corrected chi connectivity index (χ2v) is 8.52. The van der Waals surface area contributed by atoms with E-state index in [2.05, 4.69) is 46.3 Å². The van der Waals surface area contributed by atoms with Crippen molar-refractivity contribution < 1.29 is 14.3 Å². The van der Waals surface area contributed by atoms with Crippen molar-refractivity contribution in [2.24, 2.45) is 0 Å². The fourth-order valence-electron chi connectivity index (χ4n) is 3.86. The zero-order valence-electron chi connectivity index (χ0n) is 19.3. The molecule has 1 fully saturated rings. The average molecular weight is 460 g/mol. The highest BCUT2D eigenvalue weighted by Gasteiger charge is 2.18. The van der Waals surface area contributed by atoms with Crippen LogP contribution in [0.4, 0.5) is 5.69 Å². The number of carbonyl (C=O) groups excluding carboxylic acids is 1. The molecule has 7 heteroatoms. The molecule has 0 radical (unpaired) electrons. The van der Waals surface area contributed by atoms with Gasteiger partial charge in [-0.3, -0.25) is 9.69 Å². The molecule has 0 unspecified atom stereocenters. The molecule has 32 heavy (non-hydrogen) atoms. The molecule has 2 aromatic carbocycles. The number of carbonyl (C=O) groups is 1. The van der Waals surface area contributed by atoms with Crippen molar-refractivity contribution in [2.75, 3.05) is 57.9 Å². The van der Waals surface area contributed by atoms with Gasteiger partial charge in [0.1, 0.15) is 0 Å². The number of aryl methyl sites for hydroxylation is 1. The zero-order chi connectivity index (χ0) is 22.9. The Morgan fingerprint density at radius 2 is 1.94 bits per heavy atom. The third-order valence-electron chi connectivity index (χ3n) is 5.62. The Hall–Kier alpha value is -2.44. The average Bonchev–Trinajstić information content (AvgIpc) is 2.80. The van der Waals surface area contributed by atoms with Gasteiger partial charge < -0.3 is 19.7 Å². The quantitative estimate of drug-likeness (QED) is 0.534. The van der Waals surface area contributed by atoms with E-state index >= 15 is 0 Å². The van der Waals surface area contributed by atoms with Crippen molar-refractivity contribution in [3.63, 3.8) is 0 Å². The number of methoxy groups -OCH3 is 1. The van der Waals surface area contributed by atoms with Crippen LogP contribution >= 0.6 is 11.6 Å². The number of benzene rings is 2. The minimum Gasteiger partial charge on any atom is -0.493 e. The van der Waals surface area contributed by atoms with Crippen molar-refractivity contribution in [3.05, 3.63) is 52.5 Å². The predicted octanol–water partition coefficient (Wildman–Crippen LogP) is 4.39. The van der Waals surface area contributed by atoms with Crippen LogP contribution in [0.2, 0.25) is 5.02 Å². The second kappa shape index (κ2) is 12.0. The molecule has 1 N–H and O–H groups in total. The maximum absolute atomic E-state index is 12.6. The molecule has 1 aliphatic rings. The Kier molecular flexibility index (Phi) is 9.06. The number of ether oxygens (including phenoxy) is 2. The fourth-order valence-corrected chi connectivity index (χ4v) is 4.12. The molecule has 174 valence electrons. The molecule has 0 spiro atoms. The first-order chi connectivity index (χ1) is 15.5. The highest BCUT2D eigenvalue weighted by Crippen LogP contribution is 2.36. The number of anilines is 1. The lowest BCUT2D eigenvalue weighted by atomic mass is 10.1. The van der Waals surface area contributed by atoms with Gasteiger partial charge in [0.2, 0.25) is 0 Å². The Balaban J connectivity index is 1.42. The minimum absolute atomic E-state index is 0.156. The summed E-state index contributed by atoms with van der Waals surface area (Å²) in [5.41, 5.74) is 3.07. The molecule has 1 saturated heterocycles. The SMILES string of the molecule is CCCOc1c(Cl)cc(C(=O)NCCCN2CCN(c3cccc(C)c3)CC2)cc1OC. The molecule has 6 nitrogen and oxygen atoms in total. The van der Waals surface area contributed by atoms with Crippen molar-refractivity contribution in [1.82, 2.24) is 10.2 Å². The number of rotatable bonds is 10. The summed E-state index contributed by atoms with van der Waals surface area (Å²) >= 11 is 6.33. The molecule has 1 amide bonds. The van der Waals surface area contributed by atoms with Gasteiger partial charge in [0.15, 0.2) is 11.5 Å². The lowest BCUT2D eigenvalue weighted by Gasteiger charge is -2.36. The van der Waals surface area contributed by atoms with E-state index in [1.54, 1.807) is 19.2 Å². The van der Waals surface area contributed by atoms with E-state index in [0.29, 0.717) is 35.2 Å². The first-order valence-electron chi connectivity index (χ1n) is 11.3. The van der Waals surface area contributed by atoms with Gasteiger partial charge >= 0.3 is 0 Å². The van der Waals surface area contributed by atoms with E-state index in [-0.39, 0.29) is 5.91 Å². The molecular weight excluding hydrogens is 426 g/mol. The molecule has 1 heterocycles. The third-order valence-corrected chi connectivity index (χ3v) is 5.90. The number of piperazine rings is 1. The maximum atomic E-state index is 12.6. The standard InChI is InChI=1S/C25H34ClN3O3/c1-4-15-32-24-22(26)17-20(18-23(24)31-3)25(30)27-9-6-10-28-11-13-29(14-12-28)21-8-5-7-19(2)16-21/h5,7-8,16-18H,4,6,9-15H2,1-3H3,(H,27,30). The molecule has 2 aromatic rings. The van der Waals surface area contributed by atoms with Crippen LogP contribution in [0.3, 0.4) is 0 Å². The van der Waals surface area contributed by atoms with Gasteiger partial charge in [0, 0.05) is 44.0 Å². The number of hydrogen-bond donors (Lipinski definition) is 1. The molecule has 0 aromatic heterocycles. The summed E-state index contributed by atoms with van der Waals surface area (Å²) in [7, 11) is 1.55. The van der Waals surface area contributed by atoms with Crippen molar-refractivity contribution in [3.8, 4) is 11.5 Å². The normalized spacial score (nSPS) is 14.3. The second-order valence-electron chi connectivity index (χ2n) is 8.12. The number of amides is 1. The number of nitrogens with zero attached hydrogens (tertiary/aromatic N) is 2. The van der Waals surface area contributed by atoms with Crippen LogP contribution in [0, 0.1) is 6.92 Å². The van der Waals surface area contributed by atoms with Crippen LogP contribution in [-0.2, 0) is 0 Å². The van der Waals surface area contributed by atoms with E-state index < -0.39 is 0 Å². The summed E-state index contributed by atoms with van der Waals surface area (Å²) in [6.45, 7) is 10.4. The fraction of sp³-hybridized carbons (Fsp3) is 0.480. The van der Waals surface area contributed by atoms with Crippen molar-refractivity contribution >= 4 is 23.2 Å². The van der Waals surface area contributed by atoms with E-state index in [1.807, 2.05) is 6.92 Å². The largest absolute Gasteiger partial charge is 0.493 e. The first kappa shape index (κ1) is 24.2. The maximum Gasteiger partial charge on any atom is 0.251 e. The van der Waals surface area contributed by atoms with Crippen LogP contribution in [-0.4, -0.2) is 63.8 Å². The van der Waals surface area contributed by atoms with Gasteiger partial charge in [-0.2, -0.15) is 0 Å². The summed E-state index contributed by atoms with van der Waals surface area (Å²) in [5, 5.41) is 3.37. The molecule has 0 aliphatic carbocycles. The molecule has 0 bridgehead atoms. The summed E-state index contributed by atoms with van der Waals surface area (Å²) in [6, 6.07) is 12.0. The van der Waals surface area contributed by atoms with Crippen molar-refractivity contribution in [1.29, 1.82) is 0 Å². The smallest absolute Gasteiger partial charge is 0.251 e. The highest BCUT2D eigenvalue weighted by atomic mass is 35.5. The summed E-state index contributed by atoms with van der Waals surface area (Å²) in [5.74, 6) is 0.802. The van der Waals surface area contributed by atoms with E-state index in [1.165, 1.54) is 11.3 Å². The first-order valence-corrected chi connectivity index (χ1v) is 11.7. The Morgan fingerprint density at radius 3 is 2.62 bits per heavy atom. The van der Waals surface area contributed by atoms with Crippen LogP contribution in [0.5, 0.6) is 11.5 Å².